The number of fused-ring (bicyclic) bond motifs is 1. The van der Waals surface area contributed by atoms with Crippen LogP contribution in [0.5, 0.6) is 0 Å². The molecule has 0 spiro atoms. The number of nitrogen functional groups attached to an aromatic ring is 1. The molecule has 4 nitrogen and oxygen atoms in total. The number of hydrogen-bond acceptors (Lipinski definition) is 5. The predicted octanol–water partition coefficient (Wildman–Crippen LogP) is 2.60. The van der Waals surface area contributed by atoms with Crippen molar-refractivity contribution in [2.24, 2.45) is 5.73 Å². The summed E-state index contributed by atoms with van der Waals surface area (Å²) in [7, 11) is 0. The Hall–Kier alpha value is -1.85. The van der Waals surface area contributed by atoms with Crippen LogP contribution >= 0.6 is 11.3 Å². The zero-order chi connectivity index (χ0) is 11.8. The van der Waals surface area contributed by atoms with E-state index in [9.17, 15) is 0 Å². The highest BCUT2D eigenvalue weighted by atomic mass is 32.1. The molecule has 0 bridgehead atoms. The lowest BCUT2D eigenvalue weighted by Gasteiger charge is -1.88. The van der Waals surface area contributed by atoms with Crippen LogP contribution in [0.3, 0.4) is 0 Å². The Morgan fingerprint density at radius 1 is 1.24 bits per heavy atom. The summed E-state index contributed by atoms with van der Waals surface area (Å²) in [5.41, 5.74) is 13.5. The monoisotopic (exact) mass is 245 g/mol. The Balaban J connectivity index is 2.11. The minimum Gasteiger partial charge on any atom is -0.435 e. The van der Waals surface area contributed by atoms with E-state index in [2.05, 4.69) is 4.98 Å². The molecule has 0 radical (unpaired) electrons. The summed E-state index contributed by atoms with van der Waals surface area (Å²) in [5, 5.41) is 0. The van der Waals surface area contributed by atoms with Crippen molar-refractivity contribution in [2.75, 3.05) is 5.73 Å². The number of anilines is 1. The van der Waals surface area contributed by atoms with Crippen LogP contribution in [0.1, 0.15) is 4.88 Å². The minimum atomic E-state index is 0.540. The molecule has 0 saturated heterocycles. The van der Waals surface area contributed by atoms with Gasteiger partial charge in [0.15, 0.2) is 5.58 Å². The van der Waals surface area contributed by atoms with Crippen LogP contribution < -0.4 is 11.5 Å². The Morgan fingerprint density at radius 2 is 2.12 bits per heavy atom. The molecule has 17 heavy (non-hydrogen) atoms. The van der Waals surface area contributed by atoms with Gasteiger partial charge in [0.05, 0.1) is 4.88 Å². The lowest BCUT2D eigenvalue weighted by atomic mass is 10.3. The fourth-order valence-corrected chi connectivity index (χ4v) is 2.46. The molecule has 0 amide bonds. The van der Waals surface area contributed by atoms with E-state index in [1.54, 1.807) is 17.4 Å². The lowest BCUT2D eigenvalue weighted by Crippen LogP contribution is -1.90. The van der Waals surface area contributed by atoms with Crippen molar-refractivity contribution in [1.82, 2.24) is 4.98 Å². The number of nitrogens with two attached hydrogens (primary N) is 2. The maximum Gasteiger partial charge on any atom is 0.237 e. The third-order valence-electron chi connectivity index (χ3n) is 2.49. The number of thiophene rings is 1. The maximum atomic E-state index is 5.70. The van der Waals surface area contributed by atoms with Crippen LogP contribution in [0.15, 0.2) is 34.7 Å². The third kappa shape index (κ3) is 1.79. The molecule has 1 aromatic carbocycles. The van der Waals surface area contributed by atoms with Gasteiger partial charge in [0.25, 0.3) is 0 Å². The zero-order valence-corrected chi connectivity index (χ0v) is 9.83. The summed E-state index contributed by atoms with van der Waals surface area (Å²) in [6.45, 7) is 0.540. The first kappa shape index (κ1) is 10.3. The van der Waals surface area contributed by atoms with Gasteiger partial charge in [-0.2, -0.15) is 0 Å². The van der Waals surface area contributed by atoms with E-state index in [1.165, 1.54) is 0 Å². The average Bonchev–Trinajstić information content (AvgIpc) is 2.93. The molecule has 0 aliphatic rings. The van der Waals surface area contributed by atoms with Gasteiger partial charge in [-0.25, -0.2) is 4.98 Å². The van der Waals surface area contributed by atoms with Crippen LogP contribution in [-0.4, -0.2) is 4.98 Å². The van der Waals surface area contributed by atoms with Gasteiger partial charge in [-0.1, -0.05) is 0 Å². The topological polar surface area (TPSA) is 78.1 Å². The van der Waals surface area contributed by atoms with Crippen molar-refractivity contribution in [3.8, 4) is 10.8 Å². The first-order chi connectivity index (χ1) is 8.26. The highest BCUT2D eigenvalue weighted by Crippen LogP contribution is 2.30. The van der Waals surface area contributed by atoms with Gasteiger partial charge in [0, 0.05) is 23.2 Å². The van der Waals surface area contributed by atoms with E-state index >= 15 is 0 Å². The molecule has 86 valence electrons. The molecule has 0 aliphatic carbocycles. The standard InChI is InChI=1S/C12H11N3OS/c13-6-8-2-4-11(17-8)12-15-9-3-1-7(14)5-10(9)16-12/h1-5H,6,13-14H2. The molecule has 0 unspecified atom stereocenters. The van der Waals surface area contributed by atoms with Crippen LogP contribution in [0.4, 0.5) is 5.69 Å². The smallest absolute Gasteiger partial charge is 0.237 e. The maximum absolute atomic E-state index is 5.70. The Bertz CT molecular complexity index is 671. The molecule has 0 atom stereocenters. The molecule has 2 aromatic heterocycles. The molecule has 0 aliphatic heterocycles. The quantitative estimate of drug-likeness (QED) is 0.680. The van der Waals surface area contributed by atoms with Crippen LogP contribution in [0, 0.1) is 0 Å². The highest BCUT2D eigenvalue weighted by Gasteiger charge is 2.10. The second-order valence-corrected chi connectivity index (χ2v) is 4.88. The fraction of sp³-hybridized carbons (Fsp3) is 0.0833. The molecule has 0 fully saturated rings. The van der Waals surface area contributed by atoms with Gasteiger partial charge in [-0.15, -0.1) is 11.3 Å². The average molecular weight is 245 g/mol. The van der Waals surface area contributed by atoms with E-state index in [1.807, 2.05) is 24.3 Å². The normalized spacial score (nSPS) is 11.1. The minimum absolute atomic E-state index is 0.540. The van der Waals surface area contributed by atoms with Gasteiger partial charge in [-0.05, 0) is 24.3 Å². The van der Waals surface area contributed by atoms with E-state index in [0.29, 0.717) is 23.7 Å². The number of nitrogens with zero attached hydrogens (tertiary/aromatic N) is 1. The van der Waals surface area contributed by atoms with Gasteiger partial charge in [-0.3, -0.25) is 0 Å². The Kier molecular flexibility index (Phi) is 2.35. The van der Waals surface area contributed by atoms with Crippen molar-refractivity contribution in [3.05, 3.63) is 35.2 Å². The summed E-state index contributed by atoms with van der Waals surface area (Å²) in [5.74, 6) is 0.621. The third-order valence-corrected chi connectivity index (χ3v) is 3.58. The van der Waals surface area contributed by atoms with E-state index in [4.69, 9.17) is 15.9 Å². The predicted molar refractivity (Wildman–Crippen MR) is 69.6 cm³/mol. The summed E-state index contributed by atoms with van der Waals surface area (Å²) < 4.78 is 5.67. The second-order valence-electron chi connectivity index (χ2n) is 3.72. The van der Waals surface area contributed by atoms with Crippen LogP contribution in [0.2, 0.25) is 0 Å². The van der Waals surface area contributed by atoms with Crippen molar-refractivity contribution in [1.29, 1.82) is 0 Å². The SMILES string of the molecule is NCc1ccc(-c2nc3ccc(N)cc3o2)s1. The van der Waals surface area contributed by atoms with E-state index in [-0.39, 0.29) is 0 Å². The van der Waals surface area contributed by atoms with Crippen molar-refractivity contribution < 1.29 is 4.42 Å². The van der Waals surface area contributed by atoms with E-state index < -0.39 is 0 Å². The summed E-state index contributed by atoms with van der Waals surface area (Å²) in [6, 6.07) is 9.41. The van der Waals surface area contributed by atoms with Gasteiger partial charge in [0.1, 0.15) is 5.52 Å². The molecular formula is C12H11N3OS. The molecule has 3 aromatic rings. The lowest BCUT2D eigenvalue weighted by molar-refractivity contribution is 0.622. The summed E-state index contributed by atoms with van der Waals surface area (Å²) in [6.07, 6.45) is 0. The molecule has 5 heteroatoms. The second kappa shape index (κ2) is 3.87. The van der Waals surface area contributed by atoms with E-state index in [0.717, 1.165) is 15.3 Å². The number of rotatable bonds is 2. The number of hydrogen-bond donors (Lipinski definition) is 2. The highest BCUT2D eigenvalue weighted by molar-refractivity contribution is 7.15. The Morgan fingerprint density at radius 3 is 2.88 bits per heavy atom. The molecular weight excluding hydrogens is 234 g/mol. The first-order valence-electron chi connectivity index (χ1n) is 5.21. The number of benzene rings is 1. The largest absolute Gasteiger partial charge is 0.435 e. The molecule has 4 N–H and O–H groups in total. The van der Waals surface area contributed by atoms with Crippen LogP contribution in [0.25, 0.3) is 21.9 Å². The van der Waals surface area contributed by atoms with Crippen molar-refractivity contribution >= 4 is 28.1 Å². The van der Waals surface area contributed by atoms with Crippen LogP contribution in [-0.2, 0) is 6.54 Å². The summed E-state index contributed by atoms with van der Waals surface area (Å²) in [4.78, 5) is 6.52. The number of oxazole rings is 1. The summed E-state index contributed by atoms with van der Waals surface area (Å²) >= 11 is 1.59. The fourth-order valence-electron chi connectivity index (χ4n) is 1.65. The van der Waals surface area contributed by atoms with Crippen molar-refractivity contribution in [2.45, 2.75) is 6.54 Å². The van der Waals surface area contributed by atoms with Gasteiger partial charge in [0.2, 0.25) is 5.89 Å². The zero-order valence-electron chi connectivity index (χ0n) is 9.01. The molecule has 0 saturated carbocycles. The van der Waals surface area contributed by atoms with Crippen molar-refractivity contribution in [3.63, 3.8) is 0 Å². The van der Waals surface area contributed by atoms with Gasteiger partial charge < -0.3 is 15.9 Å². The Labute approximate surface area is 102 Å². The first-order valence-corrected chi connectivity index (χ1v) is 6.03. The number of aromatic nitrogens is 1. The molecule has 2 heterocycles. The van der Waals surface area contributed by atoms with Gasteiger partial charge >= 0.3 is 0 Å². The molecule has 3 rings (SSSR count).